The summed E-state index contributed by atoms with van der Waals surface area (Å²) in [6.07, 6.45) is 3.17. The summed E-state index contributed by atoms with van der Waals surface area (Å²) in [6, 6.07) is 12.6. The number of phenols is 1. The van der Waals surface area contributed by atoms with E-state index in [-0.39, 0.29) is 5.75 Å². The van der Waals surface area contributed by atoms with Gasteiger partial charge >= 0.3 is 0 Å². The number of hydrogen-bond acceptors (Lipinski definition) is 5. The van der Waals surface area contributed by atoms with Gasteiger partial charge in [-0.05, 0) is 48.1 Å². The number of hydrogen-bond donors (Lipinski definition) is 2. The molecule has 26 heavy (non-hydrogen) atoms. The molecule has 0 aliphatic heterocycles. The van der Waals surface area contributed by atoms with E-state index in [2.05, 4.69) is 20.3 Å². The van der Waals surface area contributed by atoms with Crippen molar-refractivity contribution in [1.29, 1.82) is 0 Å². The third-order valence-corrected chi connectivity index (χ3v) is 4.39. The highest BCUT2D eigenvalue weighted by Gasteiger charge is 2.15. The van der Waals surface area contributed by atoms with Crippen LogP contribution < -0.4 is 0 Å². The average Bonchev–Trinajstić information content (AvgIpc) is 3.28. The molecule has 2 heterocycles. The molecule has 0 bridgehead atoms. The molecule has 0 amide bonds. The minimum Gasteiger partial charge on any atom is -0.507 e. The zero-order valence-electron chi connectivity index (χ0n) is 13.4. The van der Waals surface area contributed by atoms with Gasteiger partial charge in [0, 0.05) is 10.7 Å². The molecular formula is C17H13ClN6OS. The Kier molecular flexibility index (Phi) is 4.27. The van der Waals surface area contributed by atoms with Crippen molar-refractivity contribution in [3.05, 3.63) is 70.5 Å². The molecule has 0 spiro atoms. The van der Waals surface area contributed by atoms with Crippen LogP contribution in [0.5, 0.6) is 5.75 Å². The van der Waals surface area contributed by atoms with Gasteiger partial charge in [0.15, 0.2) is 10.6 Å². The Bertz CT molecular complexity index is 1100. The molecule has 0 saturated carbocycles. The summed E-state index contributed by atoms with van der Waals surface area (Å²) < 4.78 is 3.91. The number of halogens is 1. The highest BCUT2D eigenvalue weighted by atomic mass is 35.5. The van der Waals surface area contributed by atoms with Crippen LogP contribution in [-0.2, 0) is 6.54 Å². The number of benzene rings is 2. The largest absolute Gasteiger partial charge is 0.507 e. The van der Waals surface area contributed by atoms with Crippen LogP contribution in [0.25, 0.3) is 17.1 Å². The van der Waals surface area contributed by atoms with Crippen LogP contribution in [0.15, 0.2) is 55.1 Å². The average molecular weight is 385 g/mol. The molecule has 0 fully saturated rings. The summed E-state index contributed by atoms with van der Waals surface area (Å²) in [5.41, 5.74) is 2.39. The molecule has 2 aromatic carbocycles. The van der Waals surface area contributed by atoms with E-state index in [1.54, 1.807) is 27.7 Å². The van der Waals surface area contributed by atoms with Gasteiger partial charge in [-0.1, -0.05) is 23.7 Å². The second-order valence-corrected chi connectivity index (χ2v) is 6.43. The van der Waals surface area contributed by atoms with Crippen LogP contribution in [0, 0.1) is 4.77 Å². The molecule has 0 radical (unpaired) electrons. The highest BCUT2D eigenvalue weighted by Crippen LogP contribution is 2.31. The summed E-state index contributed by atoms with van der Waals surface area (Å²) >= 11 is 11.4. The molecule has 130 valence electrons. The lowest BCUT2D eigenvalue weighted by molar-refractivity contribution is 0.476. The van der Waals surface area contributed by atoms with Crippen LogP contribution in [0.3, 0.4) is 0 Å². The second-order valence-electron chi connectivity index (χ2n) is 5.61. The topological polar surface area (TPSA) is 84.5 Å². The van der Waals surface area contributed by atoms with E-state index in [0.717, 1.165) is 11.3 Å². The van der Waals surface area contributed by atoms with Crippen LogP contribution >= 0.6 is 23.8 Å². The maximum absolute atomic E-state index is 10.2. The predicted molar refractivity (Wildman–Crippen MR) is 100.0 cm³/mol. The van der Waals surface area contributed by atoms with Crippen molar-refractivity contribution in [3.8, 4) is 22.8 Å². The van der Waals surface area contributed by atoms with Crippen molar-refractivity contribution in [2.24, 2.45) is 0 Å². The smallest absolute Gasteiger partial charge is 0.200 e. The van der Waals surface area contributed by atoms with Crippen molar-refractivity contribution < 1.29 is 5.11 Å². The van der Waals surface area contributed by atoms with Crippen molar-refractivity contribution in [2.45, 2.75) is 6.54 Å². The number of phenolic OH excluding ortho intramolecular Hbond substituents is 1. The molecule has 0 aliphatic rings. The van der Waals surface area contributed by atoms with Gasteiger partial charge in [0.25, 0.3) is 0 Å². The quantitative estimate of drug-likeness (QED) is 0.525. The summed E-state index contributed by atoms with van der Waals surface area (Å²) in [7, 11) is 0. The van der Waals surface area contributed by atoms with E-state index in [4.69, 9.17) is 23.8 Å². The third-order valence-electron chi connectivity index (χ3n) is 3.88. The van der Waals surface area contributed by atoms with E-state index < -0.39 is 0 Å². The van der Waals surface area contributed by atoms with Gasteiger partial charge in [-0.3, -0.25) is 9.67 Å². The Morgan fingerprint density at radius 3 is 2.69 bits per heavy atom. The van der Waals surface area contributed by atoms with E-state index >= 15 is 0 Å². The predicted octanol–water partition coefficient (Wildman–Crippen LogP) is 3.60. The number of aromatic amines is 1. The van der Waals surface area contributed by atoms with Gasteiger partial charge in [0.1, 0.15) is 18.4 Å². The maximum Gasteiger partial charge on any atom is 0.200 e. The minimum absolute atomic E-state index is 0.0763. The summed E-state index contributed by atoms with van der Waals surface area (Å²) in [4.78, 5) is 3.94. The lowest BCUT2D eigenvalue weighted by Gasteiger charge is -2.10. The van der Waals surface area contributed by atoms with Gasteiger partial charge in [-0.2, -0.15) is 10.2 Å². The number of nitrogens with one attached hydrogen (secondary N) is 1. The van der Waals surface area contributed by atoms with Gasteiger partial charge < -0.3 is 5.11 Å². The molecule has 7 nitrogen and oxygen atoms in total. The first-order valence-electron chi connectivity index (χ1n) is 7.70. The zero-order chi connectivity index (χ0) is 18.1. The molecule has 2 aromatic heterocycles. The lowest BCUT2D eigenvalue weighted by Crippen LogP contribution is -2.01. The van der Waals surface area contributed by atoms with Crippen molar-refractivity contribution in [3.63, 3.8) is 0 Å². The van der Waals surface area contributed by atoms with Gasteiger partial charge in [-0.25, -0.2) is 9.67 Å². The fraction of sp³-hybridized carbons (Fsp3) is 0.0588. The summed E-state index contributed by atoms with van der Waals surface area (Å²) in [5, 5.41) is 21.8. The Morgan fingerprint density at radius 2 is 1.96 bits per heavy atom. The Hall–Kier alpha value is -2.97. The van der Waals surface area contributed by atoms with Crippen molar-refractivity contribution >= 4 is 23.8 Å². The fourth-order valence-electron chi connectivity index (χ4n) is 2.66. The van der Waals surface area contributed by atoms with Crippen molar-refractivity contribution in [2.75, 3.05) is 0 Å². The lowest BCUT2D eigenvalue weighted by atomic mass is 10.1. The van der Waals surface area contributed by atoms with Crippen molar-refractivity contribution in [1.82, 2.24) is 29.5 Å². The molecule has 0 atom stereocenters. The Balaban J connectivity index is 1.73. The van der Waals surface area contributed by atoms with Gasteiger partial charge in [0.05, 0.1) is 12.1 Å². The van der Waals surface area contributed by atoms with Crippen LogP contribution in [0.1, 0.15) is 5.56 Å². The maximum atomic E-state index is 10.2. The normalized spacial score (nSPS) is 11.0. The molecule has 4 aromatic rings. The highest BCUT2D eigenvalue weighted by molar-refractivity contribution is 7.71. The monoisotopic (exact) mass is 384 g/mol. The first kappa shape index (κ1) is 16.5. The van der Waals surface area contributed by atoms with Gasteiger partial charge in [-0.15, -0.1) is 0 Å². The van der Waals surface area contributed by atoms with E-state index in [1.165, 1.54) is 12.4 Å². The number of aromatic nitrogens is 6. The first-order chi connectivity index (χ1) is 12.6. The minimum atomic E-state index is 0.0763. The molecule has 0 aliphatic carbocycles. The summed E-state index contributed by atoms with van der Waals surface area (Å²) in [5.74, 6) is 0.562. The van der Waals surface area contributed by atoms with Gasteiger partial charge in [0.2, 0.25) is 0 Å². The number of nitrogens with zero attached hydrogens (tertiary/aromatic N) is 5. The molecule has 0 unspecified atom stereocenters. The third kappa shape index (κ3) is 3.12. The van der Waals surface area contributed by atoms with E-state index in [1.807, 2.05) is 24.3 Å². The Labute approximate surface area is 158 Å². The second kappa shape index (κ2) is 6.74. The first-order valence-corrected chi connectivity index (χ1v) is 8.48. The van der Waals surface area contributed by atoms with E-state index in [9.17, 15) is 5.11 Å². The number of rotatable bonds is 4. The van der Waals surface area contributed by atoms with Crippen LogP contribution in [0.2, 0.25) is 5.02 Å². The van der Waals surface area contributed by atoms with E-state index in [0.29, 0.717) is 27.7 Å². The van der Waals surface area contributed by atoms with Crippen LogP contribution in [0.4, 0.5) is 0 Å². The number of aromatic hydroxyl groups is 1. The molecular weight excluding hydrogens is 372 g/mol. The molecule has 9 heteroatoms. The fourth-order valence-corrected chi connectivity index (χ4v) is 3.07. The zero-order valence-corrected chi connectivity index (χ0v) is 14.9. The summed E-state index contributed by atoms with van der Waals surface area (Å²) in [6.45, 7) is 0.624. The Morgan fingerprint density at radius 1 is 1.15 bits per heavy atom. The SMILES string of the molecule is Oc1ccc(Cl)cc1-c1n[nH]c(=S)n1-c1ccc(Cn2cncn2)cc1. The van der Waals surface area contributed by atoms with Crippen LogP contribution in [-0.4, -0.2) is 34.6 Å². The standard InChI is InChI=1S/C17H13ClN6OS/c18-12-3-6-15(25)14(7-12)16-21-22-17(26)24(16)13-4-1-11(2-5-13)8-23-10-19-9-20-23/h1-7,9-10,25H,8H2,(H,22,26). The molecule has 0 saturated heterocycles. The molecule has 4 rings (SSSR count). The number of H-pyrrole nitrogens is 1. The molecule has 2 N–H and O–H groups in total.